The molecule has 114 valence electrons. The fraction of sp³-hybridized carbons (Fsp3) is 0.562. The van der Waals surface area contributed by atoms with Gasteiger partial charge in [0.25, 0.3) is 0 Å². The Bertz CT molecular complexity index is 557. The van der Waals surface area contributed by atoms with Gasteiger partial charge in [0.1, 0.15) is 6.04 Å². The molecule has 1 fully saturated rings. The summed E-state index contributed by atoms with van der Waals surface area (Å²) in [4.78, 5) is 14.4. The van der Waals surface area contributed by atoms with Gasteiger partial charge in [-0.05, 0) is 44.9 Å². The summed E-state index contributed by atoms with van der Waals surface area (Å²) in [6, 6.07) is 4.31. The molecular weight excluding hydrogens is 286 g/mol. The van der Waals surface area contributed by atoms with E-state index in [1.54, 1.807) is 0 Å². The second-order valence-corrected chi connectivity index (χ2v) is 6.19. The average Bonchev–Trinajstić information content (AvgIpc) is 3.24. The molecule has 3 rings (SSSR count). The van der Waals surface area contributed by atoms with E-state index in [2.05, 4.69) is 29.4 Å². The monoisotopic (exact) mass is 307 g/mol. The lowest BCUT2D eigenvalue weighted by Gasteiger charge is -2.25. The van der Waals surface area contributed by atoms with Crippen molar-refractivity contribution in [2.75, 3.05) is 23.3 Å². The Hall–Kier alpha value is -1.26. The molecule has 0 bridgehead atoms. The third-order valence-corrected chi connectivity index (χ3v) is 4.49. The first-order chi connectivity index (χ1) is 10.2. The molecule has 1 aromatic carbocycles. The Morgan fingerprint density at radius 1 is 1.38 bits per heavy atom. The van der Waals surface area contributed by atoms with Crippen molar-refractivity contribution in [1.82, 2.24) is 5.32 Å². The first-order valence-corrected chi connectivity index (χ1v) is 8.17. The molecule has 4 nitrogen and oxygen atoms in total. The van der Waals surface area contributed by atoms with Gasteiger partial charge in [0, 0.05) is 23.8 Å². The Kier molecular flexibility index (Phi) is 4.09. The maximum absolute atomic E-state index is 12.1. The molecule has 1 aliphatic heterocycles. The number of carbonyl (C=O) groups excluding carboxylic acids is 1. The van der Waals surface area contributed by atoms with Crippen LogP contribution < -0.4 is 15.5 Å². The molecule has 1 amide bonds. The predicted octanol–water partition coefficient (Wildman–Crippen LogP) is 3.32. The van der Waals surface area contributed by atoms with Gasteiger partial charge in [-0.2, -0.15) is 0 Å². The Morgan fingerprint density at radius 3 is 2.76 bits per heavy atom. The molecule has 1 unspecified atom stereocenters. The number of benzene rings is 1. The van der Waals surface area contributed by atoms with Crippen LogP contribution in [0.25, 0.3) is 0 Å². The van der Waals surface area contributed by atoms with Gasteiger partial charge in [-0.3, -0.25) is 4.79 Å². The fourth-order valence-corrected chi connectivity index (χ4v) is 3.27. The molecular formula is C16H22ClN3O. The number of nitrogens with zero attached hydrogens (tertiary/aromatic N) is 1. The quantitative estimate of drug-likeness (QED) is 0.847. The maximum atomic E-state index is 12.1. The van der Waals surface area contributed by atoms with E-state index in [-0.39, 0.29) is 11.9 Å². The molecule has 0 spiro atoms. The van der Waals surface area contributed by atoms with Crippen molar-refractivity contribution >= 4 is 28.9 Å². The molecule has 1 aliphatic carbocycles. The zero-order chi connectivity index (χ0) is 15.0. The van der Waals surface area contributed by atoms with Gasteiger partial charge in [-0.1, -0.05) is 18.5 Å². The van der Waals surface area contributed by atoms with Crippen LogP contribution >= 0.6 is 11.6 Å². The smallest absolute Gasteiger partial charge is 0.246 e. The summed E-state index contributed by atoms with van der Waals surface area (Å²) in [5, 5.41) is 6.99. The van der Waals surface area contributed by atoms with Crippen LogP contribution in [0.4, 0.5) is 11.4 Å². The molecule has 2 N–H and O–H groups in total. The molecule has 21 heavy (non-hydrogen) atoms. The lowest BCUT2D eigenvalue weighted by Crippen LogP contribution is -2.28. The lowest BCUT2D eigenvalue weighted by molar-refractivity contribution is -0.117. The zero-order valence-corrected chi connectivity index (χ0v) is 13.3. The highest BCUT2D eigenvalue weighted by Gasteiger charge is 2.34. The van der Waals surface area contributed by atoms with E-state index in [0.717, 1.165) is 41.5 Å². The molecule has 1 heterocycles. The van der Waals surface area contributed by atoms with Crippen LogP contribution in [0.5, 0.6) is 0 Å². The van der Waals surface area contributed by atoms with Crippen molar-refractivity contribution in [2.24, 2.45) is 0 Å². The summed E-state index contributed by atoms with van der Waals surface area (Å²) in [5.74, 6) is 0.0149. The first kappa shape index (κ1) is 14.7. The van der Waals surface area contributed by atoms with E-state index >= 15 is 0 Å². The Morgan fingerprint density at radius 2 is 2.14 bits per heavy atom. The molecule has 0 radical (unpaired) electrons. The van der Waals surface area contributed by atoms with Crippen LogP contribution in [0, 0.1) is 0 Å². The third-order valence-electron chi connectivity index (χ3n) is 4.19. The van der Waals surface area contributed by atoms with Gasteiger partial charge in [0.05, 0.1) is 10.7 Å². The van der Waals surface area contributed by atoms with Crippen molar-refractivity contribution < 1.29 is 4.79 Å². The van der Waals surface area contributed by atoms with E-state index in [0.29, 0.717) is 6.04 Å². The van der Waals surface area contributed by atoms with Gasteiger partial charge < -0.3 is 15.5 Å². The molecule has 5 heteroatoms. The van der Waals surface area contributed by atoms with Crippen LogP contribution in [0.15, 0.2) is 12.1 Å². The number of hydrogen-bond acceptors (Lipinski definition) is 3. The number of halogens is 1. The molecule has 0 aromatic heterocycles. The largest absolute Gasteiger partial charge is 0.368 e. The third kappa shape index (κ3) is 2.74. The molecule has 1 atom stereocenters. The summed E-state index contributed by atoms with van der Waals surface area (Å²) in [7, 11) is 0. The van der Waals surface area contributed by atoms with Crippen molar-refractivity contribution in [2.45, 2.75) is 45.2 Å². The minimum Gasteiger partial charge on any atom is -0.368 e. The number of fused-ring (bicyclic) bond motifs is 1. The summed E-state index contributed by atoms with van der Waals surface area (Å²) >= 11 is 6.49. The number of hydrogen-bond donors (Lipinski definition) is 2. The van der Waals surface area contributed by atoms with E-state index in [4.69, 9.17) is 11.6 Å². The van der Waals surface area contributed by atoms with Crippen molar-refractivity contribution in [3.63, 3.8) is 0 Å². The SMILES string of the molecule is CCCNC1C(=O)Nc2cc(N(CC)C3CC3)c(Cl)cc21. The van der Waals surface area contributed by atoms with Crippen LogP contribution in [-0.4, -0.2) is 25.0 Å². The number of amides is 1. The average molecular weight is 308 g/mol. The zero-order valence-electron chi connectivity index (χ0n) is 12.6. The lowest BCUT2D eigenvalue weighted by atomic mass is 10.1. The van der Waals surface area contributed by atoms with E-state index in [9.17, 15) is 4.79 Å². The number of nitrogens with one attached hydrogen (secondary N) is 2. The summed E-state index contributed by atoms with van der Waals surface area (Å²) in [6.45, 7) is 5.99. The maximum Gasteiger partial charge on any atom is 0.246 e. The minimum absolute atomic E-state index is 0.0149. The minimum atomic E-state index is -0.275. The Balaban J connectivity index is 1.91. The number of rotatable bonds is 6. The molecule has 1 aromatic rings. The summed E-state index contributed by atoms with van der Waals surface area (Å²) in [6.07, 6.45) is 3.46. The van der Waals surface area contributed by atoms with E-state index < -0.39 is 0 Å². The standard InChI is InChI=1S/C16H22ClN3O/c1-3-7-18-15-11-8-12(17)14(9-13(11)19-16(15)21)20(4-2)10-5-6-10/h8-10,15,18H,3-7H2,1-2H3,(H,19,21). The van der Waals surface area contributed by atoms with Gasteiger partial charge in [0.2, 0.25) is 5.91 Å². The molecule has 2 aliphatic rings. The molecule has 1 saturated carbocycles. The highest BCUT2D eigenvalue weighted by atomic mass is 35.5. The van der Waals surface area contributed by atoms with Gasteiger partial charge in [-0.15, -0.1) is 0 Å². The van der Waals surface area contributed by atoms with Crippen LogP contribution in [0.3, 0.4) is 0 Å². The number of anilines is 2. The van der Waals surface area contributed by atoms with Crippen LogP contribution in [-0.2, 0) is 4.79 Å². The predicted molar refractivity (Wildman–Crippen MR) is 87.2 cm³/mol. The second-order valence-electron chi connectivity index (χ2n) is 5.78. The van der Waals surface area contributed by atoms with Crippen molar-refractivity contribution in [3.8, 4) is 0 Å². The van der Waals surface area contributed by atoms with E-state index in [1.165, 1.54) is 12.8 Å². The van der Waals surface area contributed by atoms with Gasteiger partial charge in [0.15, 0.2) is 0 Å². The van der Waals surface area contributed by atoms with Crippen LogP contribution in [0.1, 0.15) is 44.7 Å². The molecule has 0 saturated heterocycles. The summed E-state index contributed by atoms with van der Waals surface area (Å²) < 4.78 is 0. The summed E-state index contributed by atoms with van der Waals surface area (Å²) in [5.41, 5.74) is 2.90. The number of carbonyl (C=O) groups is 1. The highest BCUT2D eigenvalue weighted by Crippen LogP contribution is 2.42. The van der Waals surface area contributed by atoms with Crippen molar-refractivity contribution in [3.05, 3.63) is 22.7 Å². The van der Waals surface area contributed by atoms with E-state index in [1.807, 2.05) is 12.1 Å². The fourth-order valence-electron chi connectivity index (χ4n) is 2.99. The van der Waals surface area contributed by atoms with Gasteiger partial charge in [-0.25, -0.2) is 0 Å². The topological polar surface area (TPSA) is 44.4 Å². The van der Waals surface area contributed by atoms with Crippen LogP contribution in [0.2, 0.25) is 5.02 Å². The normalized spacial score (nSPS) is 20.3. The first-order valence-electron chi connectivity index (χ1n) is 7.80. The van der Waals surface area contributed by atoms with Gasteiger partial charge >= 0.3 is 0 Å². The van der Waals surface area contributed by atoms with Crippen molar-refractivity contribution in [1.29, 1.82) is 0 Å². The highest BCUT2D eigenvalue weighted by molar-refractivity contribution is 6.33. The second kappa shape index (κ2) is 5.85. The Labute approximate surface area is 130 Å².